The molecule has 1 N–H and O–H groups in total. The maximum atomic E-state index is 12.3. The smallest absolute Gasteiger partial charge is 0.314 e. The number of carbonyl (C=O) groups excluding carboxylic acids is 1. The molecule has 4 aliphatic carbocycles. The minimum absolute atomic E-state index is 0.00519. The second-order valence-electron chi connectivity index (χ2n) is 4.97. The number of rotatable bonds is 2. The summed E-state index contributed by atoms with van der Waals surface area (Å²) in [6.45, 7) is 0. The number of allylic oxidation sites excluding steroid dienone is 2. The van der Waals surface area contributed by atoms with Gasteiger partial charge < -0.3 is 9.84 Å². The summed E-state index contributed by atoms with van der Waals surface area (Å²) in [5, 5.41) is 9.23. The number of hydrogen-bond donors (Lipinski definition) is 1. The lowest BCUT2D eigenvalue weighted by Crippen LogP contribution is -2.62. The Kier molecular flexibility index (Phi) is 2.08. The topological polar surface area (TPSA) is 63.6 Å². The second kappa shape index (κ2) is 3.29. The Bertz CT molecular complexity index is 450. The van der Waals surface area contributed by atoms with Crippen molar-refractivity contribution in [1.82, 2.24) is 0 Å². The molecule has 0 heterocycles. The molecule has 0 spiro atoms. The van der Waals surface area contributed by atoms with Crippen molar-refractivity contribution in [2.45, 2.75) is 12.0 Å². The number of aliphatic carboxylic acids is 1. The molecule has 4 nitrogen and oxygen atoms in total. The van der Waals surface area contributed by atoms with Crippen LogP contribution in [0.15, 0.2) is 24.3 Å². The second-order valence-corrected chi connectivity index (χ2v) is 4.97. The van der Waals surface area contributed by atoms with E-state index in [1.54, 1.807) is 6.08 Å². The molecule has 0 unspecified atom stereocenters. The van der Waals surface area contributed by atoms with Crippen LogP contribution in [0.5, 0.6) is 0 Å². The monoisotopic (exact) mass is 234 g/mol. The molecular weight excluding hydrogens is 220 g/mol. The molecule has 0 aliphatic heterocycles. The zero-order valence-electron chi connectivity index (χ0n) is 9.50. The maximum Gasteiger partial charge on any atom is 0.314 e. The molecule has 0 radical (unpaired) electrons. The van der Waals surface area contributed by atoms with Gasteiger partial charge in [-0.2, -0.15) is 0 Å². The fourth-order valence-corrected chi connectivity index (χ4v) is 3.64. The zero-order chi connectivity index (χ0) is 12.2. The van der Waals surface area contributed by atoms with E-state index in [1.165, 1.54) is 7.11 Å². The summed E-state index contributed by atoms with van der Waals surface area (Å²) < 4.78 is 5.42. The van der Waals surface area contributed by atoms with E-state index in [9.17, 15) is 14.7 Å². The summed E-state index contributed by atoms with van der Waals surface area (Å²) in [6.07, 6.45) is 8.48. The Balaban J connectivity index is 2.14. The first-order chi connectivity index (χ1) is 8.12. The van der Waals surface area contributed by atoms with Gasteiger partial charge in [0.2, 0.25) is 0 Å². The van der Waals surface area contributed by atoms with Crippen LogP contribution < -0.4 is 0 Å². The molecule has 2 bridgehead atoms. The van der Waals surface area contributed by atoms with E-state index >= 15 is 0 Å². The maximum absolute atomic E-state index is 12.3. The van der Waals surface area contributed by atoms with E-state index in [0.29, 0.717) is 0 Å². The normalized spacial score (nSPS) is 46.3. The number of carboxylic acid groups (broad SMARTS) is 1. The molecule has 0 amide bonds. The average molecular weight is 234 g/mol. The summed E-state index contributed by atoms with van der Waals surface area (Å²) >= 11 is 0. The Hall–Kier alpha value is -1.42. The van der Waals surface area contributed by atoms with Gasteiger partial charge >= 0.3 is 5.97 Å². The van der Waals surface area contributed by atoms with E-state index in [2.05, 4.69) is 0 Å². The van der Waals surface area contributed by atoms with Crippen LogP contribution in [0.4, 0.5) is 0 Å². The first-order valence-corrected chi connectivity index (χ1v) is 5.80. The third kappa shape index (κ3) is 1.11. The number of fused-ring (bicyclic) bond motifs is 1. The standard InChI is InChI=1S/C13H14O4/c1-17-13-6-5-8(7-3-2-4-9(7)13)10(11(13)14)12(15)16/h2,4-10H,3H2,1H3,(H,15,16)/t7-,8+,9-,10+,13+/m0/s1. The molecule has 90 valence electrons. The van der Waals surface area contributed by atoms with Crippen LogP contribution >= 0.6 is 0 Å². The highest BCUT2D eigenvalue weighted by Gasteiger charge is 2.62. The number of carboxylic acids is 1. The molecule has 0 aromatic carbocycles. The van der Waals surface area contributed by atoms with Gasteiger partial charge in [0.05, 0.1) is 0 Å². The van der Waals surface area contributed by atoms with Gasteiger partial charge in [-0.15, -0.1) is 0 Å². The van der Waals surface area contributed by atoms with Gasteiger partial charge in [0.15, 0.2) is 11.4 Å². The minimum atomic E-state index is -1.05. The van der Waals surface area contributed by atoms with Crippen molar-refractivity contribution in [2.75, 3.05) is 7.11 Å². The number of methoxy groups -OCH3 is 1. The Labute approximate surface area is 99.0 Å². The number of carbonyl (C=O) groups is 2. The van der Waals surface area contributed by atoms with Gasteiger partial charge in [0.1, 0.15) is 5.92 Å². The summed E-state index contributed by atoms with van der Waals surface area (Å²) in [5.74, 6) is -2.26. The van der Waals surface area contributed by atoms with Gasteiger partial charge in [0.25, 0.3) is 0 Å². The quantitative estimate of drug-likeness (QED) is 0.572. The molecule has 0 aromatic rings. The van der Waals surface area contributed by atoms with Crippen LogP contribution in [0.2, 0.25) is 0 Å². The van der Waals surface area contributed by atoms with Crippen molar-refractivity contribution in [3.8, 4) is 0 Å². The Morgan fingerprint density at radius 1 is 1.53 bits per heavy atom. The largest absolute Gasteiger partial charge is 0.481 e. The molecule has 5 atom stereocenters. The van der Waals surface area contributed by atoms with Gasteiger partial charge in [-0.25, -0.2) is 0 Å². The molecule has 1 saturated carbocycles. The van der Waals surface area contributed by atoms with Crippen molar-refractivity contribution in [3.63, 3.8) is 0 Å². The lowest BCUT2D eigenvalue weighted by Gasteiger charge is -2.50. The van der Waals surface area contributed by atoms with Gasteiger partial charge in [-0.3, -0.25) is 9.59 Å². The zero-order valence-corrected chi connectivity index (χ0v) is 9.50. The summed E-state index contributed by atoms with van der Waals surface area (Å²) in [6, 6.07) is 0. The van der Waals surface area contributed by atoms with Gasteiger partial charge in [-0.1, -0.05) is 18.2 Å². The highest BCUT2D eigenvalue weighted by atomic mass is 16.5. The third-order valence-electron chi connectivity index (χ3n) is 4.42. The molecule has 0 saturated heterocycles. The molecule has 4 rings (SSSR count). The number of ketones is 1. The molecule has 0 aromatic heterocycles. The molecule has 17 heavy (non-hydrogen) atoms. The highest BCUT2D eigenvalue weighted by molar-refractivity contribution is 6.06. The number of hydrogen-bond acceptors (Lipinski definition) is 3. The van der Waals surface area contributed by atoms with E-state index in [0.717, 1.165) is 6.42 Å². The predicted molar refractivity (Wildman–Crippen MR) is 59.2 cm³/mol. The Morgan fingerprint density at radius 3 is 2.94 bits per heavy atom. The fraction of sp³-hybridized carbons (Fsp3) is 0.538. The predicted octanol–water partition coefficient (Wildman–Crippen LogP) is 1.03. The molecule has 1 fully saturated rings. The number of Topliss-reactive ketones (excluding diaryl/α,β-unsaturated/α-hetero) is 1. The van der Waals surface area contributed by atoms with Crippen LogP contribution in [0.25, 0.3) is 0 Å². The van der Waals surface area contributed by atoms with Crippen LogP contribution in [0, 0.1) is 23.7 Å². The van der Waals surface area contributed by atoms with Crippen molar-refractivity contribution >= 4 is 11.8 Å². The number of ether oxygens (including phenoxy) is 1. The Morgan fingerprint density at radius 2 is 2.29 bits per heavy atom. The summed E-state index contributed by atoms with van der Waals surface area (Å²) in [5.41, 5.74) is -1.05. The van der Waals surface area contributed by atoms with Gasteiger partial charge in [-0.05, 0) is 18.4 Å². The van der Waals surface area contributed by atoms with Crippen molar-refractivity contribution in [2.24, 2.45) is 23.7 Å². The van der Waals surface area contributed by atoms with Crippen LogP contribution in [0.1, 0.15) is 6.42 Å². The van der Waals surface area contributed by atoms with E-state index in [4.69, 9.17) is 4.74 Å². The van der Waals surface area contributed by atoms with E-state index in [1.807, 2.05) is 18.2 Å². The van der Waals surface area contributed by atoms with Crippen molar-refractivity contribution in [1.29, 1.82) is 0 Å². The van der Waals surface area contributed by atoms with E-state index < -0.39 is 17.5 Å². The van der Waals surface area contributed by atoms with Crippen LogP contribution in [-0.2, 0) is 14.3 Å². The first-order valence-electron chi connectivity index (χ1n) is 5.80. The SMILES string of the molecule is CO[C@@]12C=C[C@@H]([C@@H](C(=O)O)C1=O)[C@@H]1CC=C[C@@H]12. The lowest BCUT2D eigenvalue weighted by molar-refractivity contribution is -0.168. The minimum Gasteiger partial charge on any atom is -0.481 e. The lowest BCUT2D eigenvalue weighted by atomic mass is 9.56. The summed E-state index contributed by atoms with van der Waals surface area (Å²) in [4.78, 5) is 23.6. The molecular formula is C13H14O4. The van der Waals surface area contributed by atoms with Gasteiger partial charge in [0, 0.05) is 18.9 Å². The van der Waals surface area contributed by atoms with Crippen LogP contribution in [0.3, 0.4) is 0 Å². The fourth-order valence-electron chi connectivity index (χ4n) is 3.64. The molecule has 4 aliphatic rings. The highest BCUT2D eigenvalue weighted by Crippen LogP contribution is 2.53. The summed E-state index contributed by atoms with van der Waals surface area (Å²) in [7, 11) is 1.48. The van der Waals surface area contributed by atoms with E-state index in [-0.39, 0.29) is 23.5 Å². The third-order valence-corrected chi connectivity index (χ3v) is 4.42. The van der Waals surface area contributed by atoms with Crippen LogP contribution in [-0.4, -0.2) is 29.6 Å². The van der Waals surface area contributed by atoms with Crippen molar-refractivity contribution < 1.29 is 19.4 Å². The first kappa shape index (κ1) is 10.7. The average Bonchev–Trinajstić information content (AvgIpc) is 2.79. The molecule has 4 heteroatoms. The van der Waals surface area contributed by atoms with Crippen molar-refractivity contribution in [3.05, 3.63) is 24.3 Å².